The monoisotopic (exact) mass is 164 g/mol. The molecule has 1 aromatic rings. The minimum absolute atomic E-state index is 0.298. The van der Waals surface area contributed by atoms with E-state index in [0.29, 0.717) is 17.4 Å². The van der Waals surface area contributed by atoms with Gasteiger partial charge in [0.25, 0.3) is 0 Å². The Bertz CT molecular complexity index is 299. The van der Waals surface area contributed by atoms with Crippen LogP contribution in [0.5, 0.6) is 0 Å². The van der Waals surface area contributed by atoms with Crippen molar-refractivity contribution in [2.45, 2.75) is 25.8 Å². The first-order valence-electron chi connectivity index (χ1n) is 4.42. The maximum absolute atomic E-state index is 5.99. The molecule has 0 bridgehead atoms. The van der Waals surface area contributed by atoms with Crippen LogP contribution in [0.15, 0.2) is 18.3 Å². The van der Waals surface area contributed by atoms with Crippen LogP contribution in [0.25, 0.3) is 0 Å². The molecule has 0 aromatic carbocycles. The topological polar surface area (TPSA) is 30.9 Å². The van der Waals surface area contributed by atoms with Crippen molar-refractivity contribution in [3.05, 3.63) is 24.0 Å². The van der Waals surface area contributed by atoms with E-state index < -0.39 is 0 Å². The van der Waals surface area contributed by atoms with Gasteiger partial charge < -0.3 is 10.3 Å². The summed E-state index contributed by atoms with van der Waals surface area (Å²) in [4.78, 5) is 0. The molecule has 12 heavy (non-hydrogen) atoms. The third-order valence-corrected chi connectivity index (χ3v) is 3.21. The summed E-state index contributed by atoms with van der Waals surface area (Å²) < 4.78 is 2.17. The Morgan fingerprint density at radius 1 is 1.50 bits per heavy atom. The largest absolute Gasteiger partial charge is 0.354 e. The lowest BCUT2D eigenvalue weighted by atomic mass is 10.1. The number of nitrogens with two attached hydrogens (primary N) is 1. The second-order valence-corrected chi connectivity index (χ2v) is 4.37. The quantitative estimate of drug-likeness (QED) is 0.669. The van der Waals surface area contributed by atoms with E-state index in [1.54, 1.807) is 0 Å². The molecule has 1 aliphatic rings. The third-order valence-electron chi connectivity index (χ3n) is 3.21. The smallest absolute Gasteiger partial charge is 0.0224 e. The second-order valence-electron chi connectivity index (χ2n) is 4.37. The van der Waals surface area contributed by atoms with Crippen molar-refractivity contribution in [3.8, 4) is 0 Å². The van der Waals surface area contributed by atoms with E-state index in [-0.39, 0.29) is 0 Å². The Morgan fingerprint density at radius 3 is 2.42 bits per heavy atom. The number of hydrogen-bond acceptors (Lipinski definition) is 1. The standard InChI is InChI=1S/C10H16N2/c1-10(2)8(9(10)11)7-5-4-6-12(7)3/h4-6,8-9H,11H2,1-3H3/t8-,9-/m0/s1. The van der Waals surface area contributed by atoms with Crippen LogP contribution in [0.4, 0.5) is 0 Å². The van der Waals surface area contributed by atoms with Crippen LogP contribution in [0.1, 0.15) is 25.5 Å². The molecule has 0 spiro atoms. The van der Waals surface area contributed by atoms with Crippen LogP contribution in [-0.4, -0.2) is 10.6 Å². The molecule has 2 rings (SSSR count). The van der Waals surface area contributed by atoms with Crippen molar-refractivity contribution in [1.82, 2.24) is 4.57 Å². The van der Waals surface area contributed by atoms with Crippen LogP contribution >= 0.6 is 0 Å². The summed E-state index contributed by atoms with van der Waals surface area (Å²) in [6.45, 7) is 4.46. The molecule has 0 amide bonds. The predicted molar refractivity (Wildman–Crippen MR) is 49.9 cm³/mol. The average molecular weight is 164 g/mol. The Kier molecular flexibility index (Phi) is 1.40. The molecular formula is C10H16N2. The molecule has 2 atom stereocenters. The lowest BCUT2D eigenvalue weighted by Crippen LogP contribution is -2.06. The zero-order valence-corrected chi connectivity index (χ0v) is 7.91. The number of nitrogens with zero attached hydrogens (tertiary/aromatic N) is 1. The number of hydrogen-bond donors (Lipinski definition) is 1. The van der Waals surface area contributed by atoms with Gasteiger partial charge in [0.15, 0.2) is 0 Å². The molecule has 1 saturated carbocycles. The molecule has 0 unspecified atom stereocenters. The fourth-order valence-corrected chi connectivity index (χ4v) is 2.04. The van der Waals surface area contributed by atoms with Crippen LogP contribution < -0.4 is 5.73 Å². The normalized spacial score (nSPS) is 32.0. The van der Waals surface area contributed by atoms with Gasteiger partial charge in [0.05, 0.1) is 0 Å². The first-order chi connectivity index (χ1) is 5.55. The van der Waals surface area contributed by atoms with E-state index in [0.717, 1.165) is 0 Å². The van der Waals surface area contributed by atoms with Crippen molar-refractivity contribution in [1.29, 1.82) is 0 Å². The summed E-state index contributed by atoms with van der Waals surface area (Å²) in [5, 5.41) is 0. The maximum atomic E-state index is 5.99. The molecule has 1 aromatic heterocycles. The minimum Gasteiger partial charge on any atom is -0.354 e. The maximum Gasteiger partial charge on any atom is 0.0224 e. The fraction of sp³-hybridized carbons (Fsp3) is 0.600. The van der Waals surface area contributed by atoms with Crippen molar-refractivity contribution in [3.63, 3.8) is 0 Å². The summed E-state index contributed by atoms with van der Waals surface area (Å²) in [6.07, 6.45) is 2.08. The molecule has 0 saturated heterocycles. The van der Waals surface area contributed by atoms with Crippen molar-refractivity contribution < 1.29 is 0 Å². The summed E-state index contributed by atoms with van der Waals surface area (Å²) in [7, 11) is 2.08. The Hall–Kier alpha value is -0.760. The Balaban J connectivity index is 2.30. The lowest BCUT2D eigenvalue weighted by molar-refractivity contribution is 0.589. The molecule has 66 valence electrons. The van der Waals surface area contributed by atoms with E-state index in [2.05, 4.69) is 43.8 Å². The summed E-state index contributed by atoms with van der Waals surface area (Å²) in [5.74, 6) is 0.553. The first kappa shape index (κ1) is 7.87. The second kappa shape index (κ2) is 2.13. The van der Waals surface area contributed by atoms with E-state index in [1.165, 1.54) is 5.69 Å². The van der Waals surface area contributed by atoms with Crippen molar-refractivity contribution >= 4 is 0 Å². The van der Waals surface area contributed by atoms with E-state index in [9.17, 15) is 0 Å². The van der Waals surface area contributed by atoms with Gasteiger partial charge in [-0.05, 0) is 17.5 Å². The number of aromatic nitrogens is 1. The van der Waals surface area contributed by atoms with Gasteiger partial charge in [0.1, 0.15) is 0 Å². The van der Waals surface area contributed by atoms with Crippen LogP contribution in [-0.2, 0) is 7.05 Å². The predicted octanol–water partition coefficient (Wildman–Crippen LogP) is 1.48. The van der Waals surface area contributed by atoms with Crippen LogP contribution in [0.2, 0.25) is 0 Å². The summed E-state index contributed by atoms with van der Waals surface area (Å²) in [6, 6.07) is 4.58. The summed E-state index contributed by atoms with van der Waals surface area (Å²) >= 11 is 0. The Morgan fingerprint density at radius 2 is 2.08 bits per heavy atom. The first-order valence-corrected chi connectivity index (χ1v) is 4.42. The molecule has 2 heteroatoms. The number of aryl methyl sites for hydroxylation is 1. The molecule has 1 aliphatic carbocycles. The minimum atomic E-state index is 0.298. The zero-order valence-electron chi connectivity index (χ0n) is 7.91. The van der Waals surface area contributed by atoms with Crippen molar-refractivity contribution in [2.24, 2.45) is 18.2 Å². The number of rotatable bonds is 1. The molecule has 2 N–H and O–H groups in total. The van der Waals surface area contributed by atoms with Gasteiger partial charge in [0, 0.05) is 30.9 Å². The van der Waals surface area contributed by atoms with Gasteiger partial charge in [0.2, 0.25) is 0 Å². The molecule has 2 nitrogen and oxygen atoms in total. The van der Waals surface area contributed by atoms with Gasteiger partial charge >= 0.3 is 0 Å². The SMILES string of the molecule is Cn1cccc1[C@H]1[C@H](N)C1(C)C. The van der Waals surface area contributed by atoms with Gasteiger partial charge in [-0.2, -0.15) is 0 Å². The highest BCUT2D eigenvalue weighted by atomic mass is 15.0. The van der Waals surface area contributed by atoms with Gasteiger partial charge in [-0.3, -0.25) is 0 Å². The van der Waals surface area contributed by atoms with E-state index >= 15 is 0 Å². The average Bonchev–Trinajstić information content (AvgIpc) is 2.39. The fourth-order valence-electron chi connectivity index (χ4n) is 2.04. The van der Waals surface area contributed by atoms with Gasteiger partial charge in [-0.1, -0.05) is 13.8 Å². The molecule has 1 fully saturated rings. The lowest BCUT2D eigenvalue weighted by Gasteiger charge is -2.03. The van der Waals surface area contributed by atoms with Gasteiger partial charge in [-0.25, -0.2) is 0 Å². The molecular weight excluding hydrogens is 148 g/mol. The third kappa shape index (κ3) is 0.845. The summed E-state index contributed by atoms with van der Waals surface area (Å²) in [5.41, 5.74) is 7.66. The highest BCUT2D eigenvalue weighted by molar-refractivity contribution is 5.30. The molecule has 0 aliphatic heterocycles. The van der Waals surface area contributed by atoms with E-state index in [4.69, 9.17) is 5.73 Å². The molecule has 0 radical (unpaired) electrons. The van der Waals surface area contributed by atoms with Crippen LogP contribution in [0, 0.1) is 5.41 Å². The Labute approximate surface area is 73.4 Å². The van der Waals surface area contributed by atoms with Crippen molar-refractivity contribution in [2.75, 3.05) is 0 Å². The zero-order chi connectivity index (χ0) is 8.93. The highest BCUT2D eigenvalue weighted by Gasteiger charge is 2.57. The highest BCUT2D eigenvalue weighted by Crippen LogP contribution is 2.57. The van der Waals surface area contributed by atoms with Gasteiger partial charge in [-0.15, -0.1) is 0 Å². The van der Waals surface area contributed by atoms with Crippen LogP contribution in [0.3, 0.4) is 0 Å². The molecule has 1 heterocycles. The van der Waals surface area contributed by atoms with E-state index in [1.807, 2.05) is 0 Å².